The summed E-state index contributed by atoms with van der Waals surface area (Å²) in [6.07, 6.45) is 0. The molecule has 150 valence electrons. The molecule has 3 aromatic rings. The summed E-state index contributed by atoms with van der Waals surface area (Å²) in [7, 11) is 0. The summed E-state index contributed by atoms with van der Waals surface area (Å²) in [5.41, 5.74) is 2.43. The SMILES string of the molecule is Fc1cccc(Nc2cc(-c3ccccc3)nc(NCCN3CCOCC3)n2)c1. The molecule has 0 amide bonds. The minimum Gasteiger partial charge on any atom is -0.379 e. The first-order chi connectivity index (χ1) is 14.3. The zero-order valence-electron chi connectivity index (χ0n) is 16.1. The molecule has 1 saturated heterocycles. The molecule has 6 nitrogen and oxygen atoms in total. The summed E-state index contributed by atoms with van der Waals surface area (Å²) >= 11 is 0. The van der Waals surface area contributed by atoms with Gasteiger partial charge in [-0.15, -0.1) is 0 Å². The summed E-state index contributed by atoms with van der Waals surface area (Å²) in [6, 6.07) is 18.1. The van der Waals surface area contributed by atoms with Crippen LogP contribution in [-0.2, 0) is 4.74 Å². The van der Waals surface area contributed by atoms with Gasteiger partial charge in [-0.05, 0) is 18.2 Å². The Morgan fingerprint density at radius 2 is 1.79 bits per heavy atom. The van der Waals surface area contributed by atoms with Gasteiger partial charge in [-0.3, -0.25) is 4.90 Å². The van der Waals surface area contributed by atoms with Gasteiger partial charge >= 0.3 is 0 Å². The predicted molar refractivity (Wildman–Crippen MR) is 113 cm³/mol. The van der Waals surface area contributed by atoms with E-state index < -0.39 is 0 Å². The number of aromatic nitrogens is 2. The van der Waals surface area contributed by atoms with Crippen LogP contribution in [0.4, 0.5) is 21.8 Å². The number of anilines is 3. The Labute approximate surface area is 169 Å². The van der Waals surface area contributed by atoms with Gasteiger partial charge in [-0.25, -0.2) is 9.37 Å². The maximum atomic E-state index is 13.5. The minimum absolute atomic E-state index is 0.295. The molecular formula is C22H24FN5O. The minimum atomic E-state index is -0.295. The van der Waals surface area contributed by atoms with Gasteiger partial charge in [0.2, 0.25) is 5.95 Å². The molecular weight excluding hydrogens is 369 g/mol. The molecule has 1 aliphatic heterocycles. The number of halogens is 1. The van der Waals surface area contributed by atoms with Gasteiger partial charge in [0.15, 0.2) is 0 Å². The molecule has 2 N–H and O–H groups in total. The molecule has 0 aliphatic carbocycles. The first-order valence-corrected chi connectivity index (χ1v) is 9.77. The van der Waals surface area contributed by atoms with E-state index in [-0.39, 0.29) is 5.82 Å². The van der Waals surface area contributed by atoms with Crippen molar-refractivity contribution < 1.29 is 9.13 Å². The van der Waals surface area contributed by atoms with Gasteiger partial charge in [-0.1, -0.05) is 36.4 Å². The Hall–Kier alpha value is -3.03. The van der Waals surface area contributed by atoms with Crippen molar-refractivity contribution >= 4 is 17.5 Å². The third-order valence-corrected chi connectivity index (χ3v) is 4.71. The molecule has 1 aliphatic rings. The van der Waals surface area contributed by atoms with E-state index in [0.717, 1.165) is 50.7 Å². The molecule has 29 heavy (non-hydrogen) atoms. The fourth-order valence-corrected chi connectivity index (χ4v) is 3.21. The van der Waals surface area contributed by atoms with E-state index in [0.29, 0.717) is 17.5 Å². The molecule has 1 fully saturated rings. The van der Waals surface area contributed by atoms with Gasteiger partial charge in [-0.2, -0.15) is 4.98 Å². The summed E-state index contributed by atoms with van der Waals surface area (Å²) in [5.74, 6) is 0.855. The van der Waals surface area contributed by atoms with Crippen molar-refractivity contribution in [2.24, 2.45) is 0 Å². The van der Waals surface area contributed by atoms with Crippen molar-refractivity contribution in [3.8, 4) is 11.3 Å². The van der Waals surface area contributed by atoms with E-state index in [1.807, 2.05) is 36.4 Å². The summed E-state index contributed by atoms with van der Waals surface area (Å²) in [4.78, 5) is 11.6. The highest BCUT2D eigenvalue weighted by molar-refractivity contribution is 5.67. The Morgan fingerprint density at radius 1 is 0.966 bits per heavy atom. The quantitative estimate of drug-likeness (QED) is 0.637. The Balaban J connectivity index is 1.52. The lowest BCUT2D eigenvalue weighted by Gasteiger charge is -2.26. The Bertz CT molecular complexity index is 931. The molecule has 0 spiro atoms. The van der Waals surface area contributed by atoms with Gasteiger partial charge in [0.25, 0.3) is 0 Å². The van der Waals surface area contributed by atoms with Crippen LogP contribution in [0.15, 0.2) is 60.7 Å². The normalized spacial score (nSPS) is 14.5. The molecule has 0 radical (unpaired) electrons. The summed E-state index contributed by atoms with van der Waals surface area (Å²) in [6.45, 7) is 5.08. The molecule has 2 heterocycles. The monoisotopic (exact) mass is 393 g/mol. The lowest BCUT2D eigenvalue weighted by molar-refractivity contribution is 0.0398. The first-order valence-electron chi connectivity index (χ1n) is 9.77. The lowest BCUT2D eigenvalue weighted by atomic mass is 10.1. The van der Waals surface area contributed by atoms with E-state index in [4.69, 9.17) is 4.74 Å². The summed E-state index contributed by atoms with van der Waals surface area (Å²) in [5, 5.41) is 6.50. The van der Waals surface area contributed by atoms with Crippen LogP contribution in [0.1, 0.15) is 0 Å². The molecule has 7 heteroatoms. The number of benzene rings is 2. The maximum Gasteiger partial charge on any atom is 0.225 e. The summed E-state index contributed by atoms with van der Waals surface area (Å²) < 4.78 is 18.9. The van der Waals surface area contributed by atoms with Crippen molar-refractivity contribution in [2.45, 2.75) is 0 Å². The standard InChI is InChI=1S/C22H24FN5O/c23-18-7-4-8-19(15-18)25-21-16-20(17-5-2-1-3-6-17)26-22(27-21)24-9-10-28-11-13-29-14-12-28/h1-8,15-16H,9-14H2,(H2,24,25,26,27). The van der Waals surface area contributed by atoms with Crippen LogP contribution in [0.5, 0.6) is 0 Å². The van der Waals surface area contributed by atoms with Crippen molar-refractivity contribution in [1.82, 2.24) is 14.9 Å². The predicted octanol–water partition coefficient (Wildman–Crippen LogP) is 3.77. The Morgan fingerprint density at radius 3 is 2.59 bits per heavy atom. The van der Waals surface area contributed by atoms with E-state index in [1.165, 1.54) is 12.1 Å². The van der Waals surface area contributed by atoms with Gasteiger partial charge in [0.1, 0.15) is 11.6 Å². The van der Waals surface area contributed by atoms with Gasteiger partial charge in [0.05, 0.1) is 18.9 Å². The third-order valence-electron chi connectivity index (χ3n) is 4.71. The van der Waals surface area contributed by atoms with Crippen molar-refractivity contribution in [2.75, 3.05) is 50.0 Å². The highest BCUT2D eigenvalue weighted by atomic mass is 19.1. The smallest absolute Gasteiger partial charge is 0.225 e. The number of rotatable bonds is 7. The van der Waals surface area contributed by atoms with Crippen molar-refractivity contribution in [1.29, 1.82) is 0 Å². The fraction of sp³-hybridized carbons (Fsp3) is 0.273. The van der Waals surface area contributed by atoms with E-state index in [2.05, 4.69) is 25.5 Å². The van der Waals surface area contributed by atoms with Crippen LogP contribution in [-0.4, -0.2) is 54.3 Å². The molecule has 4 rings (SSSR count). The molecule has 0 unspecified atom stereocenters. The van der Waals surface area contributed by atoms with Crippen LogP contribution in [0.2, 0.25) is 0 Å². The number of nitrogens with zero attached hydrogens (tertiary/aromatic N) is 3. The Kier molecular flexibility index (Phi) is 6.29. The van der Waals surface area contributed by atoms with E-state index >= 15 is 0 Å². The molecule has 0 bridgehead atoms. The van der Waals surface area contributed by atoms with Crippen LogP contribution in [0, 0.1) is 5.82 Å². The van der Waals surface area contributed by atoms with E-state index in [1.54, 1.807) is 12.1 Å². The highest BCUT2D eigenvalue weighted by Gasteiger charge is 2.11. The second-order valence-electron chi connectivity index (χ2n) is 6.84. The van der Waals surface area contributed by atoms with Crippen LogP contribution >= 0.6 is 0 Å². The van der Waals surface area contributed by atoms with Crippen LogP contribution in [0.3, 0.4) is 0 Å². The van der Waals surface area contributed by atoms with Gasteiger partial charge in [0, 0.05) is 43.5 Å². The number of nitrogens with one attached hydrogen (secondary N) is 2. The second-order valence-corrected chi connectivity index (χ2v) is 6.84. The number of hydrogen-bond donors (Lipinski definition) is 2. The van der Waals surface area contributed by atoms with Crippen LogP contribution in [0.25, 0.3) is 11.3 Å². The fourth-order valence-electron chi connectivity index (χ4n) is 3.21. The molecule has 0 atom stereocenters. The van der Waals surface area contributed by atoms with Gasteiger partial charge < -0.3 is 15.4 Å². The average Bonchev–Trinajstić information content (AvgIpc) is 2.75. The molecule has 0 saturated carbocycles. The highest BCUT2D eigenvalue weighted by Crippen LogP contribution is 2.23. The first kappa shape index (κ1) is 19.3. The third kappa shape index (κ3) is 5.49. The number of morpholine rings is 1. The van der Waals surface area contributed by atoms with E-state index in [9.17, 15) is 4.39 Å². The number of hydrogen-bond acceptors (Lipinski definition) is 6. The largest absolute Gasteiger partial charge is 0.379 e. The lowest BCUT2D eigenvalue weighted by Crippen LogP contribution is -2.39. The maximum absolute atomic E-state index is 13.5. The molecule has 1 aromatic heterocycles. The average molecular weight is 393 g/mol. The van der Waals surface area contributed by atoms with Crippen molar-refractivity contribution in [3.05, 3.63) is 66.5 Å². The topological polar surface area (TPSA) is 62.3 Å². The van der Waals surface area contributed by atoms with Crippen LogP contribution < -0.4 is 10.6 Å². The number of ether oxygens (including phenoxy) is 1. The zero-order valence-corrected chi connectivity index (χ0v) is 16.1. The molecule has 2 aromatic carbocycles. The van der Waals surface area contributed by atoms with Crippen molar-refractivity contribution in [3.63, 3.8) is 0 Å². The second kappa shape index (κ2) is 9.45. The zero-order chi connectivity index (χ0) is 19.9.